The molecule has 54 valence electrons. The Morgan fingerprint density at radius 2 is 2.22 bits per heavy atom. The quantitative estimate of drug-likeness (QED) is 0.352. The van der Waals surface area contributed by atoms with Crippen LogP contribution in [0.4, 0.5) is 0 Å². The summed E-state index contributed by atoms with van der Waals surface area (Å²) in [6.07, 6.45) is 3.47. The number of rotatable bonds is 4. The molecule has 3 heteroatoms. The highest BCUT2D eigenvalue weighted by Crippen LogP contribution is 1.91. The first kappa shape index (κ1) is 8.72. The average molecular weight is 147 g/mol. The van der Waals surface area contributed by atoms with E-state index in [1.165, 1.54) is 0 Å². The molecule has 0 spiro atoms. The topological polar surface area (TPSA) is 43.1 Å². The van der Waals surface area contributed by atoms with Crippen molar-refractivity contribution in [2.75, 3.05) is 5.75 Å². The molecule has 0 heterocycles. The minimum Gasteiger partial charge on any atom is -0.260 e. The normalized spacial score (nSPS) is 16.6. The number of nitrogens with two attached hydrogens (primary N) is 1. The smallest absolute Gasteiger partial charge is 0.0290 e. The zero-order valence-electron chi connectivity index (χ0n) is 5.51. The minimum atomic E-state index is -2.24. The molecule has 0 amide bonds. The Kier molecular flexibility index (Phi) is 3.58. The molecular formula is C6H13NOS. The van der Waals surface area contributed by atoms with Crippen molar-refractivity contribution in [2.45, 2.75) is 12.8 Å². The summed E-state index contributed by atoms with van der Waals surface area (Å²) in [5.41, 5.74) is 0. The van der Waals surface area contributed by atoms with Gasteiger partial charge >= 0.3 is 0 Å². The maximum Gasteiger partial charge on any atom is 0.0290 e. The molecule has 0 aliphatic heterocycles. The van der Waals surface area contributed by atoms with Gasteiger partial charge in [-0.25, -0.2) is 0 Å². The molecule has 1 unspecified atom stereocenters. The van der Waals surface area contributed by atoms with Crippen LogP contribution in [-0.2, 0) is 9.71 Å². The molecule has 2 N–H and O–H groups in total. The van der Waals surface area contributed by atoms with Crippen molar-refractivity contribution in [3.8, 4) is 0 Å². The molecule has 0 aromatic carbocycles. The zero-order valence-corrected chi connectivity index (χ0v) is 6.32. The Balaban J connectivity index is 3.40. The van der Waals surface area contributed by atoms with Gasteiger partial charge < -0.3 is 0 Å². The number of hydrogen-bond acceptors (Lipinski definition) is 1. The van der Waals surface area contributed by atoms with E-state index in [2.05, 4.69) is 12.4 Å². The second-order valence-electron chi connectivity index (χ2n) is 2.00. The number of allylic oxidation sites excluding steroid dienone is 1. The van der Waals surface area contributed by atoms with Gasteiger partial charge in [0, 0.05) is 15.5 Å². The van der Waals surface area contributed by atoms with E-state index in [4.69, 9.17) is 5.14 Å². The number of unbranched alkanes of at least 4 members (excludes halogenated alkanes) is 1. The average Bonchev–Trinajstić information content (AvgIpc) is 1.63. The van der Waals surface area contributed by atoms with Crippen molar-refractivity contribution in [2.24, 2.45) is 5.14 Å². The summed E-state index contributed by atoms with van der Waals surface area (Å²) in [6.45, 7) is 3.53. The first-order valence-corrected chi connectivity index (χ1v) is 4.76. The van der Waals surface area contributed by atoms with Crippen LogP contribution in [0.25, 0.3) is 0 Å². The van der Waals surface area contributed by atoms with E-state index in [0.717, 1.165) is 12.8 Å². The number of hydrogen-bond donors (Lipinski definition) is 1. The Labute approximate surface area is 56.9 Å². The maximum absolute atomic E-state index is 10.7. The van der Waals surface area contributed by atoms with Crippen molar-refractivity contribution in [3.63, 3.8) is 0 Å². The van der Waals surface area contributed by atoms with E-state index in [0.29, 0.717) is 5.75 Å². The van der Waals surface area contributed by atoms with E-state index in [1.54, 1.807) is 6.08 Å². The third kappa shape index (κ3) is 7.72. The molecule has 9 heavy (non-hydrogen) atoms. The van der Waals surface area contributed by atoms with Crippen molar-refractivity contribution in [1.29, 1.82) is 0 Å². The van der Waals surface area contributed by atoms with Gasteiger partial charge in [-0.15, -0.1) is 6.58 Å². The standard InChI is InChI=1S/C6H13NOS/c1-3-4-5-6-9(2,7)8/h3H,1-2,4-6H2,(H2,7,8). The van der Waals surface area contributed by atoms with Crippen LogP contribution >= 0.6 is 0 Å². The molecule has 0 bridgehead atoms. The van der Waals surface area contributed by atoms with Crippen LogP contribution < -0.4 is 5.14 Å². The summed E-state index contributed by atoms with van der Waals surface area (Å²) in [4.78, 5) is 0. The van der Waals surface area contributed by atoms with Crippen molar-refractivity contribution in [3.05, 3.63) is 12.7 Å². The summed E-state index contributed by atoms with van der Waals surface area (Å²) in [6, 6.07) is 0. The molecule has 0 saturated heterocycles. The van der Waals surface area contributed by atoms with Gasteiger partial charge in [0.25, 0.3) is 0 Å². The van der Waals surface area contributed by atoms with Gasteiger partial charge in [0.2, 0.25) is 0 Å². The monoisotopic (exact) mass is 147 g/mol. The molecule has 1 atom stereocenters. The van der Waals surface area contributed by atoms with Crippen LogP contribution in [0.3, 0.4) is 0 Å². The Morgan fingerprint density at radius 1 is 1.67 bits per heavy atom. The Bertz CT molecular complexity index is 169. The zero-order chi connectivity index (χ0) is 7.33. The third-order valence-corrected chi connectivity index (χ3v) is 1.88. The van der Waals surface area contributed by atoms with E-state index >= 15 is 0 Å². The highest BCUT2D eigenvalue weighted by atomic mass is 32.2. The predicted octanol–water partition coefficient (Wildman–Crippen LogP) is 0.543. The lowest BCUT2D eigenvalue weighted by Gasteiger charge is -1.97. The fourth-order valence-corrected chi connectivity index (χ4v) is 1.13. The van der Waals surface area contributed by atoms with Crippen LogP contribution in [-0.4, -0.2) is 15.8 Å². The van der Waals surface area contributed by atoms with Gasteiger partial charge in [0.15, 0.2) is 0 Å². The Hall–Kier alpha value is -0.280. The van der Waals surface area contributed by atoms with E-state index in [-0.39, 0.29) is 0 Å². The van der Waals surface area contributed by atoms with Gasteiger partial charge in [-0.05, 0) is 18.7 Å². The Morgan fingerprint density at radius 3 is 2.56 bits per heavy atom. The largest absolute Gasteiger partial charge is 0.260 e. The fraction of sp³-hybridized carbons (Fsp3) is 0.500. The summed E-state index contributed by atoms with van der Waals surface area (Å²) in [5, 5.41) is 5.16. The van der Waals surface area contributed by atoms with Gasteiger partial charge in [0.05, 0.1) is 0 Å². The third-order valence-electron chi connectivity index (χ3n) is 0.898. The second kappa shape index (κ2) is 3.69. The first-order valence-electron chi connectivity index (χ1n) is 2.80. The first-order chi connectivity index (χ1) is 4.06. The van der Waals surface area contributed by atoms with Gasteiger partial charge in [-0.1, -0.05) is 6.08 Å². The molecular weight excluding hydrogens is 134 g/mol. The molecule has 0 saturated carbocycles. The van der Waals surface area contributed by atoms with Crippen LogP contribution in [0.2, 0.25) is 0 Å². The summed E-state index contributed by atoms with van der Waals surface area (Å²) in [5.74, 6) is 3.81. The molecule has 0 fully saturated rings. The van der Waals surface area contributed by atoms with E-state index < -0.39 is 9.71 Å². The SMILES string of the molecule is C=CCCCS(=C)(N)=O. The molecule has 0 radical (unpaired) electrons. The second-order valence-corrected chi connectivity index (χ2v) is 4.15. The molecule has 0 aliphatic carbocycles. The summed E-state index contributed by atoms with van der Waals surface area (Å²) >= 11 is 0. The van der Waals surface area contributed by atoms with Crippen molar-refractivity contribution in [1.82, 2.24) is 0 Å². The summed E-state index contributed by atoms with van der Waals surface area (Å²) in [7, 11) is -2.24. The van der Waals surface area contributed by atoms with Crippen molar-refractivity contribution >= 4 is 15.6 Å². The van der Waals surface area contributed by atoms with Gasteiger partial charge in [0.1, 0.15) is 0 Å². The van der Waals surface area contributed by atoms with Crippen LogP contribution in [0.15, 0.2) is 12.7 Å². The summed E-state index contributed by atoms with van der Waals surface area (Å²) < 4.78 is 10.7. The predicted molar refractivity (Wildman–Crippen MR) is 43.7 cm³/mol. The van der Waals surface area contributed by atoms with E-state index in [9.17, 15) is 4.21 Å². The lowest BCUT2D eigenvalue weighted by atomic mass is 10.3. The van der Waals surface area contributed by atoms with Gasteiger partial charge in [-0.2, -0.15) is 0 Å². The van der Waals surface area contributed by atoms with Crippen molar-refractivity contribution < 1.29 is 4.21 Å². The molecule has 0 aromatic rings. The van der Waals surface area contributed by atoms with Crippen LogP contribution in [0, 0.1) is 0 Å². The minimum absolute atomic E-state index is 0.499. The lowest BCUT2D eigenvalue weighted by Crippen LogP contribution is -2.15. The fourth-order valence-electron chi connectivity index (χ4n) is 0.472. The van der Waals surface area contributed by atoms with E-state index in [1.807, 2.05) is 0 Å². The molecule has 2 nitrogen and oxygen atoms in total. The maximum atomic E-state index is 10.7. The van der Waals surface area contributed by atoms with Crippen LogP contribution in [0.1, 0.15) is 12.8 Å². The molecule has 0 aliphatic rings. The van der Waals surface area contributed by atoms with Crippen LogP contribution in [0.5, 0.6) is 0 Å². The molecule has 0 rings (SSSR count). The van der Waals surface area contributed by atoms with Gasteiger partial charge in [-0.3, -0.25) is 9.35 Å². The molecule has 0 aromatic heterocycles. The lowest BCUT2D eigenvalue weighted by molar-refractivity contribution is 0.680. The highest BCUT2D eigenvalue weighted by Gasteiger charge is 1.92. The highest BCUT2D eigenvalue weighted by molar-refractivity contribution is 7.98.